The Balaban J connectivity index is 1.39. The number of carbonyl (C=O) groups excluding carboxylic acids is 2. The maximum atomic E-state index is 14.1. The van der Waals surface area contributed by atoms with E-state index in [4.69, 9.17) is 14.1 Å². The van der Waals surface area contributed by atoms with Gasteiger partial charge in [0.15, 0.2) is 8.32 Å². The van der Waals surface area contributed by atoms with Crippen LogP contribution in [-0.4, -0.2) is 70.9 Å². The van der Waals surface area contributed by atoms with Gasteiger partial charge in [-0.1, -0.05) is 45.0 Å². The van der Waals surface area contributed by atoms with Gasteiger partial charge < -0.3 is 19.4 Å². The van der Waals surface area contributed by atoms with E-state index in [1.54, 1.807) is 24.3 Å². The molecule has 1 aromatic carbocycles. The summed E-state index contributed by atoms with van der Waals surface area (Å²) in [5, 5.41) is 3.46. The highest BCUT2D eigenvalue weighted by atomic mass is 28.4. The van der Waals surface area contributed by atoms with E-state index in [2.05, 4.69) is 50.2 Å². The molecule has 1 saturated carbocycles. The number of ether oxygens (including phenoxy) is 1. The van der Waals surface area contributed by atoms with Gasteiger partial charge in [-0.25, -0.2) is 9.78 Å². The standard InChI is InChI=1S/C39H55N5O4Si/c1-38(2,3)47-37(46)44-32(23-27-12-14-29(15-13-27)36(45)43(7)26-28-11-10-22-40-24-28)19-20-33(44)35(48-49(8,9)39(4,5)6)30-16-21-34(41-25-30)42-31-17-18-31/h10-16,21-22,24-25,31-33,35H,17-20,23,26H2,1-9H3,(H,41,42). The molecule has 5 rings (SSSR count). The number of hydrogen-bond acceptors (Lipinski definition) is 7. The van der Waals surface area contributed by atoms with Crippen molar-refractivity contribution in [1.82, 2.24) is 19.8 Å². The molecule has 1 aliphatic heterocycles. The molecule has 0 radical (unpaired) electrons. The molecule has 3 atom stereocenters. The molecule has 3 heterocycles. The molecule has 264 valence electrons. The topological polar surface area (TPSA) is 96.9 Å². The molecule has 1 saturated heterocycles. The molecule has 49 heavy (non-hydrogen) atoms. The fourth-order valence-electron chi connectivity index (χ4n) is 6.08. The number of hydrogen-bond donors (Lipinski definition) is 1. The first-order valence-electron chi connectivity index (χ1n) is 17.7. The van der Waals surface area contributed by atoms with E-state index in [9.17, 15) is 9.59 Å². The van der Waals surface area contributed by atoms with Crippen LogP contribution >= 0.6 is 0 Å². The highest BCUT2D eigenvalue weighted by Gasteiger charge is 2.48. The van der Waals surface area contributed by atoms with Crippen LogP contribution in [0.5, 0.6) is 0 Å². The number of aromatic nitrogens is 2. The molecule has 1 aliphatic carbocycles. The zero-order chi connectivity index (χ0) is 35.6. The smallest absolute Gasteiger partial charge is 0.410 e. The predicted octanol–water partition coefficient (Wildman–Crippen LogP) is 8.40. The van der Waals surface area contributed by atoms with E-state index in [0.29, 0.717) is 24.6 Å². The Bertz CT molecular complexity index is 1560. The molecule has 0 spiro atoms. The second-order valence-electron chi connectivity index (χ2n) is 16.3. The summed E-state index contributed by atoms with van der Waals surface area (Å²) in [6, 6.07) is 16.0. The average Bonchev–Trinajstić information content (AvgIpc) is 3.75. The Morgan fingerprint density at radius 3 is 2.24 bits per heavy atom. The van der Waals surface area contributed by atoms with Crippen LogP contribution in [0.3, 0.4) is 0 Å². The van der Waals surface area contributed by atoms with Crippen LogP contribution in [0.2, 0.25) is 18.1 Å². The SMILES string of the molecule is CN(Cc1cccnc1)C(=O)c1ccc(CC2CCC(C(O[Si](C)(C)C(C)(C)C)c3ccc(NC4CC4)nc3)N2C(=O)OC(C)(C)C)cc1. The van der Waals surface area contributed by atoms with Crippen LogP contribution in [-0.2, 0) is 22.1 Å². The number of likely N-dealkylation sites (tertiary alicyclic amines) is 1. The maximum Gasteiger partial charge on any atom is 0.410 e. The average molecular weight is 686 g/mol. The number of rotatable bonds is 11. The Hall–Kier alpha value is -3.76. The number of nitrogens with one attached hydrogen (secondary N) is 1. The number of nitrogens with zero attached hydrogens (tertiary/aromatic N) is 4. The van der Waals surface area contributed by atoms with E-state index >= 15 is 0 Å². The first kappa shape index (κ1) is 36.5. The molecule has 2 fully saturated rings. The summed E-state index contributed by atoms with van der Waals surface area (Å²) in [5.74, 6) is 0.820. The Morgan fingerprint density at radius 2 is 1.67 bits per heavy atom. The quantitative estimate of drug-likeness (QED) is 0.203. The monoisotopic (exact) mass is 685 g/mol. The van der Waals surface area contributed by atoms with Crippen molar-refractivity contribution in [2.75, 3.05) is 12.4 Å². The molecule has 1 N–H and O–H groups in total. The van der Waals surface area contributed by atoms with Gasteiger partial charge in [0.25, 0.3) is 5.91 Å². The highest BCUT2D eigenvalue weighted by molar-refractivity contribution is 6.74. The molecule has 3 aromatic rings. The molecular weight excluding hydrogens is 631 g/mol. The van der Waals surface area contributed by atoms with Crippen molar-refractivity contribution in [2.45, 2.75) is 128 Å². The summed E-state index contributed by atoms with van der Waals surface area (Å²) >= 11 is 0. The molecule has 2 amide bonds. The van der Waals surface area contributed by atoms with Crippen molar-refractivity contribution in [3.05, 3.63) is 89.4 Å². The lowest BCUT2D eigenvalue weighted by Crippen LogP contribution is -2.50. The van der Waals surface area contributed by atoms with Gasteiger partial charge in [0.05, 0.1) is 12.1 Å². The van der Waals surface area contributed by atoms with Crippen LogP contribution in [0.4, 0.5) is 10.6 Å². The Labute approximate surface area is 293 Å². The summed E-state index contributed by atoms with van der Waals surface area (Å²) in [4.78, 5) is 39.9. The van der Waals surface area contributed by atoms with Crippen LogP contribution < -0.4 is 5.32 Å². The minimum Gasteiger partial charge on any atom is -0.444 e. The van der Waals surface area contributed by atoms with Gasteiger partial charge in [-0.05, 0) is 106 Å². The molecular formula is C39H55N5O4Si. The Kier molecular flexibility index (Phi) is 10.9. The lowest BCUT2D eigenvalue weighted by molar-refractivity contribution is -0.00244. The third kappa shape index (κ3) is 9.48. The normalized spacial score (nSPS) is 19.0. The second kappa shape index (κ2) is 14.6. The first-order valence-corrected chi connectivity index (χ1v) is 20.6. The third-order valence-corrected chi connectivity index (χ3v) is 14.4. The van der Waals surface area contributed by atoms with Crippen molar-refractivity contribution >= 4 is 26.1 Å². The summed E-state index contributed by atoms with van der Waals surface area (Å²) in [7, 11) is -0.467. The van der Waals surface area contributed by atoms with Crippen LogP contribution in [0, 0.1) is 0 Å². The second-order valence-corrected chi connectivity index (χ2v) is 21.1. The summed E-state index contributed by atoms with van der Waals surface area (Å²) in [5.41, 5.74) is 2.99. The summed E-state index contributed by atoms with van der Waals surface area (Å²) < 4.78 is 13.3. The van der Waals surface area contributed by atoms with Crippen molar-refractivity contribution in [2.24, 2.45) is 0 Å². The van der Waals surface area contributed by atoms with Gasteiger partial charge in [0.2, 0.25) is 0 Å². The van der Waals surface area contributed by atoms with Crippen molar-refractivity contribution < 1.29 is 18.8 Å². The summed E-state index contributed by atoms with van der Waals surface area (Å²) in [6.07, 6.45) is 9.33. The number of amides is 2. The largest absolute Gasteiger partial charge is 0.444 e. The van der Waals surface area contributed by atoms with Gasteiger partial charge >= 0.3 is 6.09 Å². The number of anilines is 1. The van der Waals surface area contributed by atoms with E-state index in [1.807, 2.05) is 74.3 Å². The van der Waals surface area contributed by atoms with Crippen molar-refractivity contribution in [3.8, 4) is 0 Å². The van der Waals surface area contributed by atoms with Crippen molar-refractivity contribution in [3.63, 3.8) is 0 Å². The van der Waals surface area contributed by atoms with E-state index in [1.165, 1.54) is 12.8 Å². The fraction of sp³-hybridized carbons (Fsp3) is 0.538. The van der Waals surface area contributed by atoms with Gasteiger partial charge in [-0.15, -0.1) is 0 Å². The third-order valence-electron chi connectivity index (χ3n) is 9.93. The maximum absolute atomic E-state index is 14.1. The van der Waals surface area contributed by atoms with E-state index in [-0.39, 0.29) is 35.2 Å². The number of pyridine rings is 2. The zero-order valence-corrected chi connectivity index (χ0v) is 31.8. The minimum atomic E-state index is -2.27. The minimum absolute atomic E-state index is 0.0217. The highest BCUT2D eigenvalue weighted by Crippen LogP contribution is 2.44. The van der Waals surface area contributed by atoms with Gasteiger partial charge in [-0.2, -0.15) is 0 Å². The first-order chi connectivity index (χ1) is 23.0. The van der Waals surface area contributed by atoms with Crippen LogP contribution in [0.15, 0.2) is 67.1 Å². The fourth-order valence-corrected chi connectivity index (χ4v) is 7.36. The molecule has 2 aliphatic rings. The van der Waals surface area contributed by atoms with E-state index in [0.717, 1.165) is 35.3 Å². The van der Waals surface area contributed by atoms with Gasteiger partial charge in [0, 0.05) is 55.4 Å². The van der Waals surface area contributed by atoms with Crippen LogP contribution in [0.1, 0.15) is 100 Å². The lowest BCUT2D eigenvalue weighted by atomic mass is 10.0. The predicted molar refractivity (Wildman–Crippen MR) is 197 cm³/mol. The van der Waals surface area contributed by atoms with E-state index < -0.39 is 13.9 Å². The molecule has 3 unspecified atom stereocenters. The number of benzene rings is 1. The molecule has 10 heteroatoms. The number of carbonyl (C=O) groups is 2. The molecule has 0 bridgehead atoms. The van der Waals surface area contributed by atoms with Crippen molar-refractivity contribution in [1.29, 1.82) is 0 Å². The zero-order valence-electron chi connectivity index (χ0n) is 30.8. The summed E-state index contributed by atoms with van der Waals surface area (Å²) in [6.45, 7) is 17.5. The Morgan fingerprint density at radius 1 is 0.959 bits per heavy atom. The van der Waals surface area contributed by atoms with Gasteiger partial charge in [0.1, 0.15) is 11.4 Å². The lowest BCUT2D eigenvalue weighted by Gasteiger charge is -2.43. The van der Waals surface area contributed by atoms with Gasteiger partial charge in [-0.3, -0.25) is 14.7 Å². The molecule has 2 aromatic heterocycles. The van der Waals surface area contributed by atoms with Crippen LogP contribution in [0.25, 0.3) is 0 Å². The molecule has 9 nitrogen and oxygen atoms in total.